The Balaban J connectivity index is 0.000000724. The van der Waals surface area contributed by atoms with E-state index in [0.29, 0.717) is 0 Å². The predicted molar refractivity (Wildman–Crippen MR) is 145 cm³/mol. The number of fused-ring (bicyclic) bond motifs is 6. The molecule has 166 valence electrons. The first-order valence-electron chi connectivity index (χ1n) is 12.2. The molecule has 0 saturated heterocycles. The molecule has 6 rings (SSSR count). The summed E-state index contributed by atoms with van der Waals surface area (Å²) >= 11 is 0. The number of benzene rings is 4. The molecule has 2 heteroatoms. The van der Waals surface area contributed by atoms with E-state index in [4.69, 9.17) is 0 Å². The first-order valence-corrected chi connectivity index (χ1v) is 12.2. The molecule has 0 aliphatic heterocycles. The molecule has 0 bridgehead atoms. The molecule has 0 saturated carbocycles. The fraction of sp³-hybridized carbons (Fsp3) is 0.226. The van der Waals surface area contributed by atoms with Crippen molar-refractivity contribution in [3.63, 3.8) is 0 Å². The predicted octanol–water partition coefficient (Wildman–Crippen LogP) is 9.03. The lowest BCUT2D eigenvalue weighted by molar-refractivity contribution is 0.827. The summed E-state index contributed by atoms with van der Waals surface area (Å²) in [6.07, 6.45) is 1.25. The van der Waals surface area contributed by atoms with E-state index in [9.17, 15) is 0 Å². The molecule has 0 aliphatic carbocycles. The summed E-state index contributed by atoms with van der Waals surface area (Å²) in [6, 6.07) is 31.3. The molecule has 0 amide bonds. The van der Waals surface area contributed by atoms with Crippen LogP contribution in [0.3, 0.4) is 0 Å². The number of hydrogen-bond donors (Lipinski definition) is 0. The lowest BCUT2D eigenvalue weighted by Gasteiger charge is -2.06. The van der Waals surface area contributed by atoms with Gasteiger partial charge in [0.1, 0.15) is 0 Å². The Morgan fingerprint density at radius 1 is 0.455 bits per heavy atom. The van der Waals surface area contributed by atoms with E-state index in [0.717, 1.165) is 13.1 Å². The van der Waals surface area contributed by atoms with Crippen molar-refractivity contribution in [3.8, 4) is 11.1 Å². The summed E-state index contributed by atoms with van der Waals surface area (Å²) in [5.41, 5.74) is 7.80. The van der Waals surface area contributed by atoms with Crippen LogP contribution >= 0.6 is 0 Å². The first-order chi connectivity index (χ1) is 16.2. The zero-order valence-electron chi connectivity index (χ0n) is 20.1. The standard InChI is InChI=1S/C28H24N2.C3H8/c1-3-29-25-11-7-5-9-21(25)23-17-19(13-15-27(23)29)20-14-16-28-24(18-20)22-10-6-8-12-26(22)30(28)4-2;1-3-2/h5-18H,3-4H2,1-2H3;3H2,1-2H3. The zero-order chi connectivity index (χ0) is 22.9. The Kier molecular flexibility index (Phi) is 5.68. The minimum atomic E-state index is 0.978. The normalized spacial score (nSPS) is 11.4. The molecule has 2 heterocycles. The number of para-hydroxylation sites is 2. The maximum absolute atomic E-state index is 2.41. The summed E-state index contributed by atoms with van der Waals surface area (Å²) in [4.78, 5) is 0. The maximum Gasteiger partial charge on any atom is 0.0491 e. The van der Waals surface area contributed by atoms with Crippen LogP contribution in [0.1, 0.15) is 34.1 Å². The van der Waals surface area contributed by atoms with Crippen molar-refractivity contribution in [2.75, 3.05) is 0 Å². The summed E-state index contributed by atoms with van der Waals surface area (Å²) < 4.78 is 4.82. The summed E-state index contributed by atoms with van der Waals surface area (Å²) in [5, 5.41) is 5.33. The fourth-order valence-electron chi connectivity index (χ4n) is 5.15. The topological polar surface area (TPSA) is 9.86 Å². The van der Waals surface area contributed by atoms with E-state index < -0.39 is 0 Å². The Morgan fingerprint density at radius 2 is 0.818 bits per heavy atom. The molecule has 0 aliphatic rings. The lowest BCUT2D eigenvalue weighted by Crippen LogP contribution is -1.93. The van der Waals surface area contributed by atoms with Crippen molar-refractivity contribution in [2.24, 2.45) is 0 Å². The van der Waals surface area contributed by atoms with E-state index >= 15 is 0 Å². The van der Waals surface area contributed by atoms with Crippen molar-refractivity contribution in [1.29, 1.82) is 0 Å². The molecule has 33 heavy (non-hydrogen) atoms. The van der Waals surface area contributed by atoms with Crippen molar-refractivity contribution in [3.05, 3.63) is 84.9 Å². The van der Waals surface area contributed by atoms with Gasteiger partial charge in [-0.3, -0.25) is 0 Å². The summed E-state index contributed by atoms with van der Waals surface area (Å²) in [7, 11) is 0. The molecular weight excluding hydrogens is 400 g/mol. The molecule has 0 fully saturated rings. The minimum absolute atomic E-state index is 0.978. The average Bonchev–Trinajstić information content (AvgIpc) is 3.36. The van der Waals surface area contributed by atoms with Crippen LogP contribution in [0.4, 0.5) is 0 Å². The number of hydrogen-bond acceptors (Lipinski definition) is 0. The SMILES string of the molecule is CCC.CCn1c2ccccc2c2cc(-c3ccc4c(c3)c3ccccc3n4CC)ccc21. The van der Waals surface area contributed by atoms with Gasteiger partial charge in [0.25, 0.3) is 0 Å². The van der Waals surface area contributed by atoms with Gasteiger partial charge in [0.2, 0.25) is 0 Å². The van der Waals surface area contributed by atoms with Crippen LogP contribution in [-0.2, 0) is 13.1 Å². The highest BCUT2D eigenvalue weighted by molar-refractivity contribution is 6.11. The van der Waals surface area contributed by atoms with Crippen LogP contribution in [-0.4, -0.2) is 9.13 Å². The van der Waals surface area contributed by atoms with Crippen molar-refractivity contribution in [2.45, 2.75) is 47.2 Å². The van der Waals surface area contributed by atoms with Gasteiger partial charge >= 0.3 is 0 Å². The average molecular weight is 433 g/mol. The highest BCUT2D eigenvalue weighted by atomic mass is 15.0. The number of aromatic nitrogens is 2. The number of rotatable bonds is 3. The summed E-state index contributed by atoms with van der Waals surface area (Å²) in [5.74, 6) is 0. The monoisotopic (exact) mass is 432 g/mol. The third-order valence-electron chi connectivity index (χ3n) is 6.51. The van der Waals surface area contributed by atoms with Crippen molar-refractivity contribution in [1.82, 2.24) is 9.13 Å². The van der Waals surface area contributed by atoms with Gasteiger partial charge in [-0.1, -0.05) is 68.8 Å². The van der Waals surface area contributed by atoms with E-state index in [1.807, 2.05) is 0 Å². The molecule has 4 aromatic carbocycles. The molecule has 0 unspecified atom stereocenters. The van der Waals surface area contributed by atoms with Gasteiger partial charge in [-0.05, 0) is 61.4 Å². The van der Waals surface area contributed by atoms with Crippen molar-refractivity contribution < 1.29 is 0 Å². The molecule has 2 aromatic heterocycles. The molecule has 0 N–H and O–H groups in total. The van der Waals surface area contributed by atoms with Gasteiger partial charge in [0.15, 0.2) is 0 Å². The van der Waals surface area contributed by atoms with Crippen LogP contribution in [0, 0.1) is 0 Å². The van der Waals surface area contributed by atoms with E-state index in [1.54, 1.807) is 0 Å². The van der Waals surface area contributed by atoms with Gasteiger partial charge in [-0.2, -0.15) is 0 Å². The smallest absolute Gasteiger partial charge is 0.0491 e. The maximum atomic E-state index is 2.41. The van der Waals surface area contributed by atoms with E-state index in [1.165, 1.54) is 61.2 Å². The fourth-order valence-corrected chi connectivity index (χ4v) is 5.15. The molecule has 0 spiro atoms. The molecule has 0 atom stereocenters. The van der Waals surface area contributed by atoms with Gasteiger partial charge in [-0.15, -0.1) is 0 Å². The quantitative estimate of drug-likeness (QED) is 0.264. The molecule has 0 radical (unpaired) electrons. The van der Waals surface area contributed by atoms with E-state index in [-0.39, 0.29) is 0 Å². The van der Waals surface area contributed by atoms with Gasteiger partial charge < -0.3 is 9.13 Å². The lowest BCUT2D eigenvalue weighted by atomic mass is 10.0. The zero-order valence-corrected chi connectivity index (χ0v) is 20.1. The van der Waals surface area contributed by atoms with Crippen molar-refractivity contribution >= 4 is 43.6 Å². The highest BCUT2D eigenvalue weighted by Gasteiger charge is 2.13. The minimum Gasteiger partial charge on any atom is -0.341 e. The van der Waals surface area contributed by atoms with Gasteiger partial charge in [0, 0.05) is 56.7 Å². The third-order valence-corrected chi connectivity index (χ3v) is 6.51. The Labute approximate surface area is 196 Å². The Bertz CT molecular complexity index is 1460. The third kappa shape index (κ3) is 3.41. The highest BCUT2D eigenvalue weighted by Crippen LogP contribution is 2.35. The van der Waals surface area contributed by atoms with Gasteiger partial charge in [-0.25, -0.2) is 0 Å². The van der Waals surface area contributed by atoms with Crippen LogP contribution < -0.4 is 0 Å². The van der Waals surface area contributed by atoms with Crippen LogP contribution in [0.2, 0.25) is 0 Å². The molecule has 2 nitrogen and oxygen atoms in total. The number of aryl methyl sites for hydroxylation is 2. The number of nitrogens with zero attached hydrogens (tertiary/aromatic N) is 2. The summed E-state index contributed by atoms with van der Waals surface area (Å²) in [6.45, 7) is 10.6. The van der Waals surface area contributed by atoms with Crippen LogP contribution in [0.5, 0.6) is 0 Å². The second-order valence-corrected chi connectivity index (χ2v) is 8.69. The molecule has 6 aromatic rings. The van der Waals surface area contributed by atoms with Gasteiger partial charge in [0.05, 0.1) is 0 Å². The Hall–Kier alpha value is -3.52. The van der Waals surface area contributed by atoms with Crippen LogP contribution in [0.15, 0.2) is 84.9 Å². The Morgan fingerprint density at radius 3 is 1.21 bits per heavy atom. The second-order valence-electron chi connectivity index (χ2n) is 8.69. The van der Waals surface area contributed by atoms with E-state index in [2.05, 4.69) is 122 Å². The first kappa shape index (κ1) is 21.3. The largest absolute Gasteiger partial charge is 0.341 e. The van der Waals surface area contributed by atoms with Crippen LogP contribution in [0.25, 0.3) is 54.7 Å². The molecular formula is C31H32N2. The second kappa shape index (κ2) is 8.78.